The van der Waals surface area contributed by atoms with Crippen molar-refractivity contribution in [1.82, 2.24) is 19.9 Å². The monoisotopic (exact) mass is 428 g/mol. The van der Waals surface area contributed by atoms with Gasteiger partial charge in [0.25, 0.3) is 0 Å². The van der Waals surface area contributed by atoms with Crippen LogP contribution in [-0.2, 0) is 0 Å². The molecule has 4 aromatic rings. The van der Waals surface area contributed by atoms with E-state index in [0.717, 1.165) is 44.8 Å². The van der Waals surface area contributed by atoms with Crippen LogP contribution in [0.3, 0.4) is 0 Å². The number of benzene rings is 1. The zero-order valence-corrected chi connectivity index (χ0v) is 18.9. The molecule has 2 N–H and O–H groups in total. The highest BCUT2D eigenvalue weighted by molar-refractivity contribution is 5.89. The molecular formula is C29H24N4. The van der Waals surface area contributed by atoms with Crippen LogP contribution in [0.5, 0.6) is 0 Å². The van der Waals surface area contributed by atoms with Gasteiger partial charge in [-0.25, -0.2) is 9.97 Å². The van der Waals surface area contributed by atoms with Crippen molar-refractivity contribution in [2.75, 3.05) is 0 Å². The van der Waals surface area contributed by atoms with Gasteiger partial charge in [-0.3, -0.25) is 0 Å². The minimum atomic E-state index is 0.927. The molecule has 2 aliphatic heterocycles. The van der Waals surface area contributed by atoms with E-state index in [1.165, 1.54) is 27.8 Å². The zero-order chi connectivity index (χ0) is 22.5. The largest absolute Gasteiger partial charge is 0.355 e. The molecule has 0 aliphatic carbocycles. The highest BCUT2D eigenvalue weighted by atomic mass is 14.8. The van der Waals surface area contributed by atoms with Crippen molar-refractivity contribution in [2.24, 2.45) is 0 Å². The Balaban J connectivity index is 1.68. The predicted molar refractivity (Wildman–Crippen MR) is 139 cm³/mol. The second-order valence-corrected chi connectivity index (χ2v) is 8.77. The summed E-state index contributed by atoms with van der Waals surface area (Å²) in [6.07, 6.45) is 8.21. The van der Waals surface area contributed by atoms with Gasteiger partial charge >= 0.3 is 0 Å². The van der Waals surface area contributed by atoms with E-state index in [-0.39, 0.29) is 0 Å². The third kappa shape index (κ3) is 3.60. The lowest BCUT2D eigenvalue weighted by molar-refractivity contribution is 1.27. The Morgan fingerprint density at radius 1 is 0.515 bits per heavy atom. The number of hydrogen-bond donors (Lipinski definition) is 2. The maximum absolute atomic E-state index is 4.82. The lowest BCUT2D eigenvalue weighted by Gasteiger charge is -2.10. The van der Waals surface area contributed by atoms with Gasteiger partial charge in [-0.1, -0.05) is 12.1 Å². The minimum Gasteiger partial charge on any atom is -0.355 e. The van der Waals surface area contributed by atoms with Crippen molar-refractivity contribution in [3.63, 3.8) is 0 Å². The van der Waals surface area contributed by atoms with Gasteiger partial charge in [0.2, 0.25) is 0 Å². The van der Waals surface area contributed by atoms with Crippen molar-refractivity contribution in [3.8, 4) is 11.1 Å². The third-order valence-corrected chi connectivity index (χ3v) is 6.52. The first kappa shape index (κ1) is 19.5. The minimum absolute atomic E-state index is 0.927. The average Bonchev–Trinajstić information content (AvgIpc) is 3.58. The SMILES string of the molecule is Cc1ccc(-c2cc3cc4nc(cc5ccc(cc6nc(cc2[nH]3)C=C6)[nH]5)C=C4)c(C)c1C. The van der Waals surface area contributed by atoms with Gasteiger partial charge in [0.05, 0.1) is 22.8 Å². The van der Waals surface area contributed by atoms with Crippen molar-refractivity contribution >= 4 is 46.4 Å². The first-order valence-corrected chi connectivity index (χ1v) is 11.2. The van der Waals surface area contributed by atoms with Gasteiger partial charge in [-0.2, -0.15) is 0 Å². The molecule has 4 heteroatoms. The molecule has 4 nitrogen and oxygen atoms in total. The van der Waals surface area contributed by atoms with E-state index in [1.54, 1.807) is 0 Å². The second kappa shape index (κ2) is 7.45. The van der Waals surface area contributed by atoms with Crippen LogP contribution in [0, 0.1) is 20.8 Å². The Labute approximate surface area is 192 Å². The Morgan fingerprint density at radius 3 is 1.73 bits per heavy atom. The molecule has 33 heavy (non-hydrogen) atoms. The number of rotatable bonds is 1. The van der Waals surface area contributed by atoms with Gasteiger partial charge in [0.1, 0.15) is 0 Å². The van der Waals surface area contributed by atoms with E-state index in [0.29, 0.717) is 0 Å². The number of hydrogen-bond acceptors (Lipinski definition) is 2. The number of aryl methyl sites for hydroxylation is 1. The van der Waals surface area contributed by atoms with Crippen molar-refractivity contribution in [2.45, 2.75) is 20.8 Å². The summed E-state index contributed by atoms with van der Waals surface area (Å²) in [5.41, 5.74) is 14.2. The van der Waals surface area contributed by atoms with Crippen molar-refractivity contribution < 1.29 is 0 Å². The smallest absolute Gasteiger partial charge is 0.0658 e. The molecule has 5 heterocycles. The molecule has 0 amide bonds. The van der Waals surface area contributed by atoms with Crippen LogP contribution in [0.1, 0.15) is 39.5 Å². The highest BCUT2D eigenvalue weighted by Gasteiger charge is 2.11. The fraction of sp³-hybridized carbons (Fsp3) is 0.103. The van der Waals surface area contributed by atoms with Crippen LogP contribution in [0.25, 0.3) is 57.5 Å². The Kier molecular flexibility index (Phi) is 4.40. The summed E-state index contributed by atoms with van der Waals surface area (Å²) in [5, 5.41) is 0. The molecule has 0 saturated heterocycles. The lowest BCUT2D eigenvalue weighted by atomic mass is 9.94. The van der Waals surface area contributed by atoms with Gasteiger partial charge in [0.15, 0.2) is 0 Å². The molecule has 6 rings (SSSR count). The Hall–Kier alpha value is -4.18. The molecule has 1 aromatic carbocycles. The lowest BCUT2D eigenvalue weighted by Crippen LogP contribution is -1.90. The van der Waals surface area contributed by atoms with E-state index in [1.807, 2.05) is 6.08 Å². The summed E-state index contributed by atoms with van der Waals surface area (Å²) in [5.74, 6) is 0. The third-order valence-electron chi connectivity index (χ3n) is 6.52. The summed E-state index contributed by atoms with van der Waals surface area (Å²) in [6.45, 7) is 6.56. The van der Waals surface area contributed by atoms with Crippen LogP contribution in [0.15, 0.2) is 54.6 Å². The topological polar surface area (TPSA) is 57.4 Å². The molecule has 8 bridgehead atoms. The number of aromatic amines is 2. The average molecular weight is 429 g/mol. The molecule has 160 valence electrons. The number of aromatic nitrogens is 4. The van der Waals surface area contributed by atoms with Gasteiger partial charge in [-0.05, 0) is 110 Å². The van der Waals surface area contributed by atoms with Gasteiger partial charge in [0, 0.05) is 27.6 Å². The molecule has 0 unspecified atom stereocenters. The van der Waals surface area contributed by atoms with E-state index in [2.05, 4.69) is 104 Å². The van der Waals surface area contributed by atoms with E-state index < -0.39 is 0 Å². The van der Waals surface area contributed by atoms with E-state index in [4.69, 9.17) is 9.97 Å². The molecule has 0 saturated carbocycles. The summed E-state index contributed by atoms with van der Waals surface area (Å²) in [4.78, 5) is 16.6. The number of fused-ring (bicyclic) bond motifs is 8. The summed E-state index contributed by atoms with van der Waals surface area (Å²) in [6, 6.07) is 19.1. The summed E-state index contributed by atoms with van der Waals surface area (Å²) >= 11 is 0. The van der Waals surface area contributed by atoms with Crippen LogP contribution >= 0.6 is 0 Å². The van der Waals surface area contributed by atoms with Crippen LogP contribution in [-0.4, -0.2) is 19.9 Å². The molecule has 2 aliphatic rings. The van der Waals surface area contributed by atoms with Crippen LogP contribution in [0.4, 0.5) is 0 Å². The van der Waals surface area contributed by atoms with E-state index >= 15 is 0 Å². The first-order valence-electron chi connectivity index (χ1n) is 11.2. The molecule has 3 aromatic heterocycles. The zero-order valence-electron chi connectivity index (χ0n) is 18.9. The summed E-state index contributed by atoms with van der Waals surface area (Å²) < 4.78 is 0. The highest BCUT2D eigenvalue weighted by Crippen LogP contribution is 2.32. The Bertz CT molecular complexity index is 1640. The van der Waals surface area contributed by atoms with Gasteiger partial charge < -0.3 is 9.97 Å². The molecule has 0 spiro atoms. The van der Waals surface area contributed by atoms with Crippen molar-refractivity contribution in [3.05, 3.63) is 94.1 Å². The first-order chi connectivity index (χ1) is 16.0. The fourth-order valence-corrected chi connectivity index (χ4v) is 4.49. The standard InChI is InChI=1S/C29H24N4/c1-17-4-11-27(19(3)18(17)2)28-15-26-14-24-8-7-22(31-24)12-20-5-6-21(30-20)13-23-9-10-25(32-23)16-29(28)33-26/h4-16,30,33H,1-3H3. The molecular weight excluding hydrogens is 404 g/mol. The number of nitrogens with one attached hydrogen (secondary N) is 2. The van der Waals surface area contributed by atoms with Crippen LogP contribution in [0.2, 0.25) is 0 Å². The van der Waals surface area contributed by atoms with Crippen molar-refractivity contribution in [1.29, 1.82) is 0 Å². The molecule has 0 atom stereocenters. The number of nitrogens with zero attached hydrogens (tertiary/aromatic N) is 2. The predicted octanol–water partition coefficient (Wildman–Crippen LogP) is 7.25. The van der Waals surface area contributed by atoms with E-state index in [9.17, 15) is 0 Å². The molecule has 0 radical (unpaired) electrons. The fourth-order valence-electron chi connectivity index (χ4n) is 4.49. The maximum Gasteiger partial charge on any atom is 0.0658 e. The van der Waals surface area contributed by atoms with Crippen LogP contribution < -0.4 is 0 Å². The maximum atomic E-state index is 4.82. The Morgan fingerprint density at radius 2 is 1.09 bits per heavy atom. The normalized spacial score (nSPS) is 12.5. The number of H-pyrrole nitrogens is 2. The second-order valence-electron chi connectivity index (χ2n) is 8.77. The summed E-state index contributed by atoms with van der Waals surface area (Å²) in [7, 11) is 0. The van der Waals surface area contributed by atoms with Gasteiger partial charge in [-0.15, -0.1) is 0 Å². The quantitative estimate of drug-likeness (QED) is 0.290. The molecule has 0 fully saturated rings.